The Balaban J connectivity index is 2.00. The van der Waals surface area contributed by atoms with Crippen molar-refractivity contribution in [1.82, 2.24) is 0 Å². The standard InChI is InChI=1S/C22H16FNO/c1-2-12-24-20-11-10-15-6-3-4-9-18(15)22(20)19(14-21(24)25)16-7-5-8-17(23)13-16/h1,3-11,13,19H,12,14H2. The summed E-state index contributed by atoms with van der Waals surface area (Å²) in [6, 6.07) is 18.5. The highest BCUT2D eigenvalue weighted by Crippen LogP contribution is 2.43. The summed E-state index contributed by atoms with van der Waals surface area (Å²) >= 11 is 0. The smallest absolute Gasteiger partial charge is 0.228 e. The van der Waals surface area contributed by atoms with Gasteiger partial charge in [0.15, 0.2) is 0 Å². The van der Waals surface area contributed by atoms with Gasteiger partial charge in [-0.25, -0.2) is 4.39 Å². The number of rotatable bonds is 2. The molecule has 0 aliphatic carbocycles. The summed E-state index contributed by atoms with van der Waals surface area (Å²) in [5.74, 6) is 2.06. The summed E-state index contributed by atoms with van der Waals surface area (Å²) in [5.41, 5.74) is 2.67. The summed E-state index contributed by atoms with van der Waals surface area (Å²) in [6.45, 7) is 0.236. The van der Waals surface area contributed by atoms with Crippen LogP contribution in [0.25, 0.3) is 10.8 Å². The van der Waals surface area contributed by atoms with E-state index >= 15 is 0 Å². The molecule has 4 rings (SSSR count). The van der Waals surface area contributed by atoms with E-state index in [1.165, 1.54) is 12.1 Å². The summed E-state index contributed by atoms with van der Waals surface area (Å²) in [6.07, 6.45) is 5.75. The van der Waals surface area contributed by atoms with Gasteiger partial charge >= 0.3 is 0 Å². The van der Waals surface area contributed by atoms with Gasteiger partial charge in [-0.15, -0.1) is 6.42 Å². The van der Waals surface area contributed by atoms with Gasteiger partial charge in [0, 0.05) is 18.0 Å². The molecule has 3 aromatic rings. The zero-order valence-corrected chi connectivity index (χ0v) is 13.6. The van der Waals surface area contributed by atoms with Crippen molar-refractivity contribution in [2.45, 2.75) is 12.3 Å². The molecule has 122 valence electrons. The van der Waals surface area contributed by atoms with Gasteiger partial charge in [0.05, 0.1) is 6.54 Å². The summed E-state index contributed by atoms with van der Waals surface area (Å²) in [5, 5.41) is 2.17. The van der Waals surface area contributed by atoms with Gasteiger partial charge in [0.1, 0.15) is 5.82 Å². The van der Waals surface area contributed by atoms with Gasteiger partial charge in [-0.2, -0.15) is 0 Å². The molecule has 3 heteroatoms. The maximum atomic E-state index is 13.8. The first-order valence-electron chi connectivity index (χ1n) is 8.20. The number of terminal acetylenes is 1. The molecule has 0 saturated carbocycles. The van der Waals surface area contributed by atoms with E-state index in [2.05, 4.69) is 5.92 Å². The molecule has 0 N–H and O–H groups in total. The molecule has 1 atom stereocenters. The van der Waals surface area contributed by atoms with Crippen molar-refractivity contribution in [3.8, 4) is 12.3 Å². The SMILES string of the molecule is C#CCN1C(=O)CC(c2cccc(F)c2)c2c1ccc1ccccc21. The lowest BCUT2D eigenvalue weighted by Crippen LogP contribution is -2.37. The Labute approximate surface area is 145 Å². The number of nitrogens with zero attached hydrogens (tertiary/aromatic N) is 1. The molecule has 1 aliphatic heterocycles. The van der Waals surface area contributed by atoms with E-state index in [9.17, 15) is 9.18 Å². The third kappa shape index (κ3) is 2.56. The Morgan fingerprint density at radius 2 is 1.96 bits per heavy atom. The molecule has 0 radical (unpaired) electrons. The van der Waals surface area contributed by atoms with E-state index in [0.29, 0.717) is 0 Å². The number of halogens is 1. The van der Waals surface area contributed by atoms with E-state index in [-0.39, 0.29) is 30.6 Å². The van der Waals surface area contributed by atoms with E-state index in [1.807, 2.05) is 42.5 Å². The zero-order chi connectivity index (χ0) is 17.4. The first kappa shape index (κ1) is 15.4. The molecule has 0 fully saturated rings. The van der Waals surface area contributed by atoms with Crippen molar-refractivity contribution in [2.24, 2.45) is 0 Å². The van der Waals surface area contributed by atoms with Gasteiger partial charge in [-0.3, -0.25) is 4.79 Å². The van der Waals surface area contributed by atoms with Crippen molar-refractivity contribution in [2.75, 3.05) is 11.4 Å². The minimum absolute atomic E-state index is 0.0324. The lowest BCUT2D eigenvalue weighted by atomic mass is 9.81. The number of fused-ring (bicyclic) bond motifs is 3. The van der Waals surface area contributed by atoms with Gasteiger partial charge in [0.2, 0.25) is 5.91 Å². The van der Waals surface area contributed by atoms with Crippen LogP contribution in [0.2, 0.25) is 0 Å². The molecule has 3 aromatic carbocycles. The minimum atomic E-state index is -0.294. The average Bonchev–Trinajstić information content (AvgIpc) is 2.63. The van der Waals surface area contributed by atoms with Gasteiger partial charge < -0.3 is 4.90 Å². The number of anilines is 1. The molecular formula is C22H16FNO. The second-order valence-electron chi connectivity index (χ2n) is 6.22. The van der Waals surface area contributed by atoms with Crippen molar-refractivity contribution in [3.05, 3.63) is 77.6 Å². The van der Waals surface area contributed by atoms with Crippen LogP contribution in [0.1, 0.15) is 23.5 Å². The van der Waals surface area contributed by atoms with Crippen LogP contribution in [0.15, 0.2) is 60.7 Å². The number of amides is 1. The number of carbonyl (C=O) groups is 1. The molecule has 1 aliphatic rings. The quantitative estimate of drug-likeness (QED) is 0.635. The number of benzene rings is 3. The predicted molar refractivity (Wildman–Crippen MR) is 98.0 cm³/mol. The first-order chi connectivity index (χ1) is 12.2. The highest BCUT2D eigenvalue weighted by Gasteiger charge is 2.33. The predicted octanol–water partition coefficient (Wildman–Crippen LogP) is 4.48. The van der Waals surface area contributed by atoms with Gasteiger partial charge in [-0.1, -0.05) is 48.4 Å². The van der Waals surface area contributed by atoms with Crippen molar-refractivity contribution >= 4 is 22.4 Å². The van der Waals surface area contributed by atoms with Gasteiger partial charge in [0.25, 0.3) is 0 Å². The largest absolute Gasteiger partial charge is 0.300 e. The Bertz CT molecular complexity index is 1020. The van der Waals surface area contributed by atoms with E-state index in [0.717, 1.165) is 27.6 Å². The molecule has 1 unspecified atom stereocenters. The van der Waals surface area contributed by atoms with Crippen LogP contribution in [-0.4, -0.2) is 12.5 Å². The van der Waals surface area contributed by atoms with Crippen LogP contribution in [0.3, 0.4) is 0 Å². The van der Waals surface area contributed by atoms with Crippen molar-refractivity contribution in [1.29, 1.82) is 0 Å². The monoisotopic (exact) mass is 329 g/mol. The van der Waals surface area contributed by atoms with E-state index < -0.39 is 0 Å². The summed E-state index contributed by atoms with van der Waals surface area (Å²) in [7, 11) is 0. The topological polar surface area (TPSA) is 20.3 Å². The number of hydrogen-bond acceptors (Lipinski definition) is 1. The third-order valence-corrected chi connectivity index (χ3v) is 4.77. The normalized spacial score (nSPS) is 16.6. The Hall–Kier alpha value is -3.12. The van der Waals surface area contributed by atoms with E-state index in [4.69, 9.17) is 6.42 Å². The van der Waals surface area contributed by atoms with E-state index in [1.54, 1.807) is 11.0 Å². The second kappa shape index (κ2) is 6.07. The Morgan fingerprint density at radius 1 is 1.12 bits per heavy atom. The highest BCUT2D eigenvalue weighted by molar-refractivity contribution is 6.03. The van der Waals surface area contributed by atoms with Crippen molar-refractivity contribution in [3.63, 3.8) is 0 Å². The first-order valence-corrected chi connectivity index (χ1v) is 8.20. The molecule has 25 heavy (non-hydrogen) atoms. The lowest BCUT2D eigenvalue weighted by Gasteiger charge is -2.34. The fraction of sp³-hybridized carbons (Fsp3) is 0.136. The molecule has 0 saturated heterocycles. The molecule has 0 bridgehead atoms. The fourth-order valence-corrected chi connectivity index (χ4v) is 3.68. The van der Waals surface area contributed by atoms with Crippen LogP contribution in [0.5, 0.6) is 0 Å². The van der Waals surface area contributed by atoms with Crippen LogP contribution in [0.4, 0.5) is 10.1 Å². The molecule has 0 aromatic heterocycles. The maximum absolute atomic E-state index is 13.8. The molecule has 2 nitrogen and oxygen atoms in total. The molecule has 1 heterocycles. The second-order valence-corrected chi connectivity index (χ2v) is 6.22. The summed E-state index contributed by atoms with van der Waals surface area (Å²) in [4.78, 5) is 14.3. The highest BCUT2D eigenvalue weighted by atomic mass is 19.1. The van der Waals surface area contributed by atoms with Crippen LogP contribution in [0, 0.1) is 18.2 Å². The summed E-state index contributed by atoms with van der Waals surface area (Å²) < 4.78 is 13.8. The van der Waals surface area contributed by atoms with Crippen molar-refractivity contribution < 1.29 is 9.18 Å². The third-order valence-electron chi connectivity index (χ3n) is 4.77. The molecule has 0 spiro atoms. The Morgan fingerprint density at radius 3 is 2.76 bits per heavy atom. The fourth-order valence-electron chi connectivity index (χ4n) is 3.68. The zero-order valence-electron chi connectivity index (χ0n) is 13.6. The molecule has 1 amide bonds. The van der Waals surface area contributed by atoms with Crippen LogP contribution >= 0.6 is 0 Å². The number of hydrogen-bond donors (Lipinski definition) is 0. The van der Waals surface area contributed by atoms with Gasteiger partial charge in [-0.05, 0) is 40.1 Å². The van der Waals surface area contributed by atoms with Crippen LogP contribution in [-0.2, 0) is 4.79 Å². The van der Waals surface area contributed by atoms with Crippen LogP contribution < -0.4 is 4.90 Å². The maximum Gasteiger partial charge on any atom is 0.228 e. The lowest BCUT2D eigenvalue weighted by molar-refractivity contribution is -0.119. The average molecular weight is 329 g/mol. The molecular weight excluding hydrogens is 313 g/mol. The number of carbonyl (C=O) groups excluding carboxylic acids is 1. The Kier molecular flexibility index (Phi) is 3.74. The minimum Gasteiger partial charge on any atom is -0.300 e.